The largest absolute Gasteiger partial charge is 0.490 e. The molecule has 4 rings (SSSR count). The SMILES string of the molecule is CCOc1cc(/C=N\NC(=O)c2ccccc2-n2cccc2)cc(I)c1OS(=O)(=O)c1ccc(C)cc1. The number of rotatable bonds is 9. The second-order valence-corrected chi connectivity index (χ2v) is 10.6. The van der Waals surface area contributed by atoms with Gasteiger partial charge in [-0.25, -0.2) is 5.43 Å². The Morgan fingerprint density at radius 2 is 1.76 bits per heavy atom. The second kappa shape index (κ2) is 11.6. The summed E-state index contributed by atoms with van der Waals surface area (Å²) in [4.78, 5) is 12.8. The molecule has 0 aliphatic rings. The summed E-state index contributed by atoms with van der Waals surface area (Å²) in [6.45, 7) is 3.95. The summed E-state index contributed by atoms with van der Waals surface area (Å²) in [5.74, 6) is -0.0369. The minimum absolute atomic E-state index is 0.0462. The summed E-state index contributed by atoms with van der Waals surface area (Å²) >= 11 is 1.98. The Labute approximate surface area is 229 Å². The number of benzene rings is 3. The number of carbonyl (C=O) groups excluding carboxylic acids is 1. The van der Waals surface area contributed by atoms with Gasteiger partial charge in [0, 0.05) is 12.4 Å². The van der Waals surface area contributed by atoms with Crippen molar-refractivity contribution in [2.75, 3.05) is 6.61 Å². The second-order valence-electron chi connectivity index (χ2n) is 7.92. The molecule has 0 radical (unpaired) electrons. The molecular weight excluding hydrogens is 605 g/mol. The molecule has 190 valence electrons. The summed E-state index contributed by atoms with van der Waals surface area (Å²) in [5, 5.41) is 4.09. The average molecular weight is 629 g/mol. The van der Waals surface area contributed by atoms with Crippen LogP contribution in [0.2, 0.25) is 0 Å². The van der Waals surface area contributed by atoms with Crippen molar-refractivity contribution < 1.29 is 22.1 Å². The van der Waals surface area contributed by atoms with E-state index >= 15 is 0 Å². The number of halogens is 1. The first-order valence-corrected chi connectivity index (χ1v) is 13.8. The van der Waals surface area contributed by atoms with Crippen LogP contribution in [0, 0.1) is 10.5 Å². The van der Waals surface area contributed by atoms with Crippen LogP contribution in [0.1, 0.15) is 28.4 Å². The molecule has 0 atom stereocenters. The lowest BCUT2D eigenvalue weighted by atomic mass is 10.1. The Bertz CT molecular complexity index is 1530. The van der Waals surface area contributed by atoms with Gasteiger partial charge in [0.2, 0.25) is 0 Å². The summed E-state index contributed by atoms with van der Waals surface area (Å²) in [6, 6.07) is 20.7. The van der Waals surface area contributed by atoms with E-state index in [0.29, 0.717) is 21.3 Å². The molecule has 4 aromatic rings. The molecule has 0 aliphatic heterocycles. The van der Waals surface area contributed by atoms with Crippen LogP contribution in [0.4, 0.5) is 0 Å². The van der Waals surface area contributed by atoms with Gasteiger partial charge in [-0.2, -0.15) is 13.5 Å². The van der Waals surface area contributed by atoms with Crippen LogP contribution in [-0.4, -0.2) is 31.7 Å². The summed E-state index contributed by atoms with van der Waals surface area (Å²) in [7, 11) is -4.07. The molecule has 0 saturated carbocycles. The van der Waals surface area contributed by atoms with Crippen molar-refractivity contribution in [1.29, 1.82) is 0 Å². The molecule has 1 amide bonds. The Balaban J connectivity index is 1.55. The van der Waals surface area contributed by atoms with Crippen LogP contribution in [0.5, 0.6) is 11.5 Å². The van der Waals surface area contributed by atoms with E-state index in [9.17, 15) is 13.2 Å². The zero-order valence-corrected chi connectivity index (χ0v) is 23.1. The zero-order chi connectivity index (χ0) is 26.4. The number of hydrogen-bond acceptors (Lipinski definition) is 6. The van der Waals surface area contributed by atoms with E-state index in [4.69, 9.17) is 8.92 Å². The zero-order valence-electron chi connectivity index (χ0n) is 20.1. The molecular formula is C27H24IN3O5S. The fourth-order valence-corrected chi connectivity index (χ4v) is 5.32. The molecule has 0 bridgehead atoms. The highest BCUT2D eigenvalue weighted by atomic mass is 127. The topological polar surface area (TPSA) is 99.0 Å². The first kappa shape index (κ1) is 26.4. The minimum atomic E-state index is -4.07. The predicted molar refractivity (Wildman–Crippen MR) is 150 cm³/mol. The van der Waals surface area contributed by atoms with Crippen molar-refractivity contribution in [3.05, 3.63) is 105 Å². The molecule has 1 N–H and O–H groups in total. The Morgan fingerprint density at radius 3 is 2.46 bits per heavy atom. The molecule has 0 unspecified atom stereocenters. The van der Waals surface area contributed by atoms with Crippen LogP contribution >= 0.6 is 22.6 Å². The first-order valence-electron chi connectivity index (χ1n) is 11.3. The fourth-order valence-electron chi connectivity index (χ4n) is 3.48. The van der Waals surface area contributed by atoms with Crippen LogP contribution < -0.4 is 14.3 Å². The maximum atomic E-state index is 12.8. The maximum absolute atomic E-state index is 12.8. The number of hydrogen-bond donors (Lipinski definition) is 1. The lowest BCUT2D eigenvalue weighted by Gasteiger charge is -2.14. The molecule has 10 heteroatoms. The number of hydrazone groups is 1. The van der Waals surface area contributed by atoms with Gasteiger partial charge in [-0.15, -0.1) is 0 Å². The molecule has 0 aliphatic carbocycles. The van der Waals surface area contributed by atoms with Gasteiger partial charge in [0.15, 0.2) is 11.5 Å². The highest BCUT2D eigenvalue weighted by Gasteiger charge is 2.22. The van der Waals surface area contributed by atoms with Gasteiger partial charge in [-0.05, 0) is 90.5 Å². The number of carbonyl (C=O) groups is 1. The van der Waals surface area contributed by atoms with Crippen LogP contribution in [0.15, 0.2) is 95.2 Å². The van der Waals surface area contributed by atoms with Crippen molar-refractivity contribution in [2.45, 2.75) is 18.7 Å². The summed E-state index contributed by atoms with van der Waals surface area (Å²) in [6.07, 6.45) is 5.17. The molecule has 8 nitrogen and oxygen atoms in total. The van der Waals surface area contributed by atoms with Gasteiger partial charge in [0.25, 0.3) is 5.91 Å². The molecule has 37 heavy (non-hydrogen) atoms. The van der Waals surface area contributed by atoms with Gasteiger partial charge in [0.1, 0.15) is 4.90 Å². The van der Waals surface area contributed by atoms with E-state index in [1.807, 2.05) is 70.7 Å². The normalized spacial score (nSPS) is 11.4. The van der Waals surface area contributed by atoms with Crippen molar-refractivity contribution >= 4 is 44.8 Å². The van der Waals surface area contributed by atoms with Crippen molar-refractivity contribution in [2.24, 2.45) is 5.10 Å². The van der Waals surface area contributed by atoms with Crippen molar-refractivity contribution in [3.63, 3.8) is 0 Å². The van der Waals surface area contributed by atoms with Gasteiger partial charge in [-0.1, -0.05) is 29.8 Å². The van der Waals surface area contributed by atoms with Crippen LogP contribution in [0.25, 0.3) is 5.69 Å². The molecule has 0 saturated heterocycles. The Morgan fingerprint density at radius 1 is 1.05 bits per heavy atom. The first-order chi connectivity index (χ1) is 17.8. The number of amides is 1. The smallest absolute Gasteiger partial charge is 0.339 e. The number of nitrogens with one attached hydrogen (secondary N) is 1. The Kier molecular flexibility index (Phi) is 8.29. The molecule has 0 spiro atoms. The van der Waals surface area contributed by atoms with Crippen LogP contribution in [-0.2, 0) is 10.1 Å². The van der Waals surface area contributed by atoms with Gasteiger partial charge in [0.05, 0.1) is 27.6 Å². The van der Waals surface area contributed by atoms with Gasteiger partial charge < -0.3 is 13.5 Å². The Hall–Kier alpha value is -3.64. The molecule has 1 heterocycles. The molecule has 0 fully saturated rings. The summed E-state index contributed by atoms with van der Waals surface area (Å²) in [5.41, 5.74) is 5.26. The summed E-state index contributed by atoms with van der Waals surface area (Å²) < 4.78 is 39.2. The third kappa shape index (κ3) is 6.38. The lowest BCUT2D eigenvalue weighted by molar-refractivity contribution is 0.0955. The number of para-hydroxylation sites is 1. The highest BCUT2D eigenvalue weighted by Crippen LogP contribution is 2.36. The quantitative estimate of drug-likeness (QED) is 0.117. The van der Waals surface area contributed by atoms with E-state index in [0.717, 1.165) is 11.3 Å². The van der Waals surface area contributed by atoms with E-state index in [1.165, 1.54) is 18.3 Å². The van der Waals surface area contributed by atoms with E-state index in [-0.39, 0.29) is 22.3 Å². The number of nitrogens with zero attached hydrogens (tertiary/aromatic N) is 2. The van der Waals surface area contributed by atoms with Crippen molar-refractivity contribution in [3.8, 4) is 17.2 Å². The lowest BCUT2D eigenvalue weighted by Crippen LogP contribution is -2.19. The fraction of sp³-hybridized carbons (Fsp3) is 0.111. The van der Waals surface area contributed by atoms with Crippen LogP contribution in [0.3, 0.4) is 0 Å². The molecule has 1 aromatic heterocycles. The van der Waals surface area contributed by atoms with E-state index in [1.54, 1.807) is 43.3 Å². The molecule has 3 aromatic carbocycles. The predicted octanol–water partition coefficient (Wildman–Crippen LogP) is 5.32. The van der Waals surface area contributed by atoms with E-state index < -0.39 is 10.1 Å². The maximum Gasteiger partial charge on any atom is 0.339 e. The third-order valence-corrected chi connectivity index (χ3v) is 7.28. The number of aryl methyl sites for hydroxylation is 1. The average Bonchev–Trinajstić information content (AvgIpc) is 3.41. The van der Waals surface area contributed by atoms with E-state index in [2.05, 4.69) is 10.5 Å². The van der Waals surface area contributed by atoms with Crippen molar-refractivity contribution in [1.82, 2.24) is 9.99 Å². The monoisotopic (exact) mass is 629 g/mol. The third-order valence-electron chi connectivity index (χ3n) is 5.25. The van der Waals surface area contributed by atoms with Gasteiger partial charge >= 0.3 is 10.1 Å². The minimum Gasteiger partial charge on any atom is -0.490 e. The highest BCUT2D eigenvalue weighted by molar-refractivity contribution is 14.1. The standard InChI is InChI=1S/C27H24IN3O5S/c1-3-35-25-17-20(16-23(28)26(25)36-37(33,34)21-12-10-19(2)11-13-21)18-29-30-27(32)22-8-4-5-9-24(22)31-14-6-7-15-31/h4-18H,3H2,1-2H3,(H,30,32)/b29-18-. The van der Waals surface area contributed by atoms with Gasteiger partial charge in [-0.3, -0.25) is 4.79 Å². The number of aromatic nitrogens is 1. The number of ether oxygens (including phenoxy) is 1.